The number of rotatable bonds is 3. The fourth-order valence-corrected chi connectivity index (χ4v) is 3.43. The van der Waals surface area contributed by atoms with Crippen LogP contribution in [0, 0.1) is 11.8 Å². The Bertz CT molecular complexity index is 476. The summed E-state index contributed by atoms with van der Waals surface area (Å²) >= 11 is 0. The molecule has 0 radical (unpaired) electrons. The van der Waals surface area contributed by atoms with Crippen LogP contribution in [0.5, 0.6) is 5.75 Å². The Labute approximate surface area is 119 Å². The van der Waals surface area contributed by atoms with E-state index in [0.29, 0.717) is 18.2 Å². The summed E-state index contributed by atoms with van der Waals surface area (Å²) in [5.74, 6) is 1.48. The van der Waals surface area contributed by atoms with Gasteiger partial charge < -0.3 is 14.7 Å². The quantitative estimate of drug-likeness (QED) is 0.913. The van der Waals surface area contributed by atoms with Gasteiger partial charge in [0, 0.05) is 19.0 Å². The lowest BCUT2D eigenvalue weighted by atomic mass is 10.00. The monoisotopic (exact) mass is 275 g/mol. The maximum Gasteiger partial charge on any atom is 0.263 e. The first kappa shape index (κ1) is 13.4. The summed E-state index contributed by atoms with van der Waals surface area (Å²) in [6, 6.07) is 9.41. The highest BCUT2D eigenvalue weighted by molar-refractivity contribution is 5.81. The minimum atomic E-state index is -0.478. The van der Waals surface area contributed by atoms with E-state index in [9.17, 15) is 9.90 Å². The van der Waals surface area contributed by atoms with Gasteiger partial charge in [-0.05, 0) is 37.8 Å². The number of benzene rings is 1. The molecular weight excluding hydrogens is 254 g/mol. The van der Waals surface area contributed by atoms with Crippen LogP contribution in [0.1, 0.15) is 19.8 Å². The van der Waals surface area contributed by atoms with Crippen LogP contribution in [0.25, 0.3) is 0 Å². The maximum atomic E-state index is 12.4. The van der Waals surface area contributed by atoms with Crippen molar-refractivity contribution in [2.24, 2.45) is 11.8 Å². The Morgan fingerprint density at radius 3 is 2.75 bits per heavy atom. The van der Waals surface area contributed by atoms with Crippen LogP contribution in [0.3, 0.4) is 0 Å². The van der Waals surface area contributed by atoms with E-state index in [0.717, 1.165) is 19.4 Å². The molecule has 1 saturated heterocycles. The largest absolute Gasteiger partial charge is 0.481 e. The average Bonchev–Trinajstić information content (AvgIpc) is 3.02. The van der Waals surface area contributed by atoms with Gasteiger partial charge in [-0.15, -0.1) is 0 Å². The summed E-state index contributed by atoms with van der Waals surface area (Å²) in [5.41, 5.74) is 0. The normalized spacial score (nSPS) is 30.1. The van der Waals surface area contributed by atoms with Gasteiger partial charge in [-0.25, -0.2) is 0 Å². The lowest BCUT2D eigenvalue weighted by Gasteiger charge is -2.23. The number of hydrogen-bond acceptors (Lipinski definition) is 3. The third-order valence-corrected chi connectivity index (χ3v) is 4.53. The number of likely N-dealkylation sites (tertiary alicyclic amines) is 1. The van der Waals surface area contributed by atoms with Crippen LogP contribution in [0.4, 0.5) is 0 Å². The number of carbonyl (C=O) groups is 1. The molecule has 1 aromatic rings. The molecule has 0 spiro atoms. The Morgan fingerprint density at radius 2 is 2.05 bits per heavy atom. The molecule has 1 aromatic carbocycles. The molecule has 20 heavy (non-hydrogen) atoms. The van der Waals surface area contributed by atoms with Crippen LogP contribution in [-0.4, -0.2) is 41.2 Å². The molecule has 4 unspecified atom stereocenters. The first-order valence-corrected chi connectivity index (χ1v) is 7.33. The molecule has 4 atom stereocenters. The second-order valence-electron chi connectivity index (χ2n) is 5.88. The van der Waals surface area contributed by atoms with Crippen molar-refractivity contribution in [2.45, 2.75) is 32.0 Å². The summed E-state index contributed by atoms with van der Waals surface area (Å²) in [6.45, 7) is 3.23. The van der Waals surface area contributed by atoms with Gasteiger partial charge in [0.1, 0.15) is 5.75 Å². The van der Waals surface area contributed by atoms with E-state index in [4.69, 9.17) is 4.74 Å². The van der Waals surface area contributed by atoms with Crippen molar-refractivity contribution >= 4 is 5.91 Å². The molecule has 2 aliphatic rings. The third kappa shape index (κ3) is 2.52. The van der Waals surface area contributed by atoms with Crippen molar-refractivity contribution in [3.05, 3.63) is 30.3 Å². The van der Waals surface area contributed by atoms with Crippen molar-refractivity contribution < 1.29 is 14.6 Å². The minimum Gasteiger partial charge on any atom is -0.481 e. The summed E-state index contributed by atoms with van der Waals surface area (Å²) in [6.07, 6.45) is 1.20. The number of aliphatic hydroxyl groups is 1. The number of nitrogens with zero attached hydrogens (tertiary/aromatic N) is 1. The fourth-order valence-electron chi connectivity index (χ4n) is 3.43. The third-order valence-electron chi connectivity index (χ3n) is 4.53. The molecule has 1 aliphatic heterocycles. The zero-order valence-electron chi connectivity index (χ0n) is 11.7. The Morgan fingerprint density at radius 1 is 1.30 bits per heavy atom. The molecule has 0 bridgehead atoms. The Balaban J connectivity index is 1.59. The molecule has 1 heterocycles. The molecule has 2 fully saturated rings. The predicted molar refractivity (Wildman–Crippen MR) is 75.3 cm³/mol. The van der Waals surface area contributed by atoms with Gasteiger partial charge in [0.2, 0.25) is 0 Å². The molecule has 1 amide bonds. The second-order valence-corrected chi connectivity index (χ2v) is 5.88. The lowest BCUT2D eigenvalue weighted by molar-refractivity contribution is -0.137. The summed E-state index contributed by atoms with van der Waals surface area (Å²) in [7, 11) is 0. The highest BCUT2D eigenvalue weighted by Crippen LogP contribution is 2.38. The highest BCUT2D eigenvalue weighted by atomic mass is 16.5. The van der Waals surface area contributed by atoms with Gasteiger partial charge in [-0.2, -0.15) is 0 Å². The fraction of sp³-hybridized carbons (Fsp3) is 0.562. The standard InChI is InChI=1S/C16H21NO3/c1-11(20-13-5-3-2-4-6-13)16(19)17-9-12-7-8-15(18)14(12)10-17/h2-6,11-12,14-15,18H,7-10H2,1H3. The summed E-state index contributed by atoms with van der Waals surface area (Å²) < 4.78 is 5.68. The SMILES string of the molecule is CC(Oc1ccccc1)C(=O)N1CC2CCC(O)C2C1. The zero-order valence-corrected chi connectivity index (χ0v) is 11.7. The van der Waals surface area contributed by atoms with Crippen molar-refractivity contribution in [1.29, 1.82) is 0 Å². The van der Waals surface area contributed by atoms with Gasteiger partial charge in [0.15, 0.2) is 6.10 Å². The van der Waals surface area contributed by atoms with Crippen molar-refractivity contribution in [3.63, 3.8) is 0 Å². The highest BCUT2D eigenvalue weighted by Gasteiger charge is 2.44. The van der Waals surface area contributed by atoms with E-state index in [1.54, 1.807) is 6.92 Å². The molecule has 3 rings (SSSR count). The van der Waals surface area contributed by atoms with Crippen LogP contribution >= 0.6 is 0 Å². The number of aliphatic hydroxyl groups excluding tert-OH is 1. The molecule has 4 nitrogen and oxygen atoms in total. The molecule has 1 saturated carbocycles. The van der Waals surface area contributed by atoms with Crippen molar-refractivity contribution in [1.82, 2.24) is 4.90 Å². The van der Waals surface area contributed by atoms with Gasteiger partial charge >= 0.3 is 0 Å². The van der Waals surface area contributed by atoms with E-state index in [2.05, 4.69) is 0 Å². The van der Waals surface area contributed by atoms with E-state index in [-0.39, 0.29) is 17.9 Å². The van der Waals surface area contributed by atoms with Gasteiger partial charge in [-0.3, -0.25) is 4.79 Å². The second kappa shape index (κ2) is 5.44. The van der Waals surface area contributed by atoms with Crippen molar-refractivity contribution in [2.75, 3.05) is 13.1 Å². The lowest BCUT2D eigenvalue weighted by Crippen LogP contribution is -2.40. The van der Waals surface area contributed by atoms with Gasteiger partial charge in [0.05, 0.1) is 6.10 Å². The van der Waals surface area contributed by atoms with Crippen molar-refractivity contribution in [3.8, 4) is 5.75 Å². The number of amides is 1. The molecule has 0 aromatic heterocycles. The first-order valence-electron chi connectivity index (χ1n) is 7.33. The number of hydrogen-bond donors (Lipinski definition) is 1. The van der Waals surface area contributed by atoms with E-state index in [1.807, 2.05) is 35.2 Å². The predicted octanol–water partition coefficient (Wildman–Crippen LogP) is 1.68. The summed E-state index contributed by atoms with van der Waals surface area (Å²) in [5, 5.41) is 9.90. The van der Waals surface area contributed by atoms with Crippen LogP contribution in [0.2, 0.25) is 0 Å². The molecule has 1 aliphatic carbocycles. The van der Waals surface area contributed by atoms with Crippen LogP contribution in [0.15, 0.2) is 30.3 Å². The molecular formula is C16H21NO3. The number of para-hydroxylation sites is 1. The molecule has 108 valence electrons. The average molecular weight is 275 g/mol. The molecule has 4 heteroatoms. The zero-order chi connectivity index (χ0) is 14.1. The van der Waals surface area contributed by atoms with E-state index in [1.165, 1.54) is 0 Å². The summed E-state index contributed by atoms with van der Waals surface area (Å²) in [4.78, 5) is 14.3. The van der Waals surface area contributed by atoms with Gasteiger partial charge in [-0.1, -0.05) is 18.2 Å². The smallest absolute Gasteiger partial charge is 0.263 e. The Hall–Kier alpha value is -1.55. The minimum absolute atomic E-state index is 0.0236. The number of carbonyl (C=O) groups excluding carboxylic acids is 1. The Kier molecular flexibility index (Phi) is 3.66. The number of ether oxygens (including phenoxy) is 1. The first-order chi connectivity index (χ1) is 9.65. The molecule has 1 N–H and O–H groups in total. The number of fused-ring (bicyclic) bond motifs is 1. The maximum absolute atomic E-state index is 12.4. The van der Waals surface area contributed by atoms with Gasteiger partial charge in [0.25, 0.3) is 5.91 Å². The van der Waals surface area contributed by atoms with Crippen LogP contribution in [-0.2, 0) is 4.79 Å². The van der Waals surface area contributed by atoms with E-state index >= 15 is 0 Å². The van der Waals surface area contributed by atoms with E-state index < -0.39 is 6.10 Å². The van der Waals surface area contributed by atoms with Crippen LogP contribution < -0.4 is 4.74 Å². The topological polar surface area (TPSA) is 49.8 Å².